The Morgan fingerprint density at radius 1 is 0.923 bits per heavy atom. The molecule has 1 N–H and O–H groups in total. The molecule has 0 aliphatic carbocycles. The predicted molar refractivity (Wildman–Crippen MR) is 140 cm³/mol. The zero-order valence-corrected chi connectivity index (χ0v) is 21.2. The van der Waals surface area contributed by atoms with Crippen LogP contribution in [0.3, 0.4) is 0 Å². The molecule has 2 aliphatic rings. The predicted octanol–water partition coefficient (Wildman–Crippen LogP) is 6.25. The number of anilines is 2. The van der Waals surface area contributed by atoms with Gasteiger partial charge in [-0.15, -0.1) is 12.4 Å². The van der Waals surface area contributed by atoms with Crippen LogP contribution in [0.4, 0.5) is 39.0 Å². The van der Waals surface area contributed by atoms with Gasteiger partial charge in [0.2, 0.25) is 5.96 Å². The summed E-state index contributed by atoms with van der Waals surface area (Å²) in [5.74, 6) is -2.30. The highest BCUT2D eigenvalue weighted by atomic mass is 35.5. The summed E-state index contributed by atoms with van der Waals surface area (Å²) in [4.78, 5) is 21.7. The molecule has 5 rings (SSSR count). The number of guanidine groups is 1. The number of benzene rings is 3. The first-order valence-corrected chi connectivity index (χ1v) is 11.9. The molecular formula is C27H24ClF5N4O2. The average molecular weight is 567 g/mol. The zero-order chi connectivity index (χ0) is 27.0. The summed E-state index contributed by atoms with van der Waals surface area (Å²) >= 11 is 0. The normalized spacial score (nSPS) is 17.3. The number of para-hydroxylation sites is 1. The van der Waals surface area contributed by atoms with E-state index in [4.69, 9.17) is 0 Å². The van der Waals surface area contributed by atoms with Crippen LogP contribution in [0.2, 0.25) is 0 Å². The lowest BCUT2D eigenvalue weighted by Crippen LogP contribution is -2.55. The lowest BCUT2D eigenvalue weighted by molar-refractivity contribution is -0.138. The zero-order valence-electron chi connectivity index (χ0n) is 20.4. The first-order chi connectivity index (χ1) is 18.1. The minimum absolute atomic E-state index is 0. The van der Waals surface area contributed by atoms with Crippen molar-refractivity contribution in [3.05, 3.63) is 89.5 Å². The Morgan fingerprint density at radius 2 is 1.56 bits per heavy atom. The van der Waals surface area contributed by atoms with E-state index in [2.05, 4.69) is 4.99 Å². The van der Waals surface area contributed by atoms with Crippen molar-refractivity contribution >= 4 is 41.4 Å². The van der Waals surface area contributed by atoms with Gasteiger partial charge in [-0.3, -0.25) is 4.79 Å². The van der Waals surface area contributed by atoms with Gasteiger partial charge >= 0.3 is 12.1 Å². The monoisotopic (exact) mass is 566 g/mol. The van der Waals surface area contributed by atoms with Crippen LogP contribution < -0.4 is 9.80 Å². The Balaban J connectivity index is 0.00000353. The maximum Gasteiger partial charge on any atom is 0.416 e. The van der Waals surface area contributed by atoms with Gasteiger partial charge in [-0.05, 0) is 48.5 Å². The molecule has 1 atom stereocenters. The standard InChI is InChI=1S/C27H23F5N4O2.ClH/c28-18-6-8-19(9-7-18)34-11-13-35(14-12-34)26-33-22-4-2-1-3-20(22)23(16-25(37)38)36(26)24-15-17(27(30,31)32)5-10-21(24)29;/h1-10,15,23H,11-14,16H2,(H,37,38);1H. The quantitative estimate of drug-likeness (QED) is 0.378. The van der Waals surface area contributed by atoms with Crippen molar-refractivity contribution in [3.63, 3.8) is 0 Å². The van der Waals surface area contributed by atoms with Gasteiger partial charge < -0.3 is 19.8 Å². The Hall–Kier alpha value is -3.86. The van der Waals surface area contributed by atoms with E-state index in [1.807, 2.05) is 9.80 Å². The third-order valence-corrected chi connectivity index (χ3v) is 6.70. The van der Waals surface area contributed by atoms with Crippen LogP contribution in [0, 0.1) is 11.6 Å². The van der Waals surface area contributed by atoms with Crippen LogP contribution in [0.25, 0.3) is 0 Å². The molecule has 1 unspecified atom stereocenters. The fraction of sp³-hybridized carbons (Fsp3) is 0.259. The Labute approximate surface area is 227 Å². The molecule has 1 saturated heterocycles. The van der Waals surface area contributed by atoms with Crippen LogP contribution >= 0.6 is 12.4 Å². The number of carbonyl (C=O) groups is 1. The molecule has 0 spiro atoms. The Bertz CT molecular complexity index is 1380. The molecule has 0 aromatic heterocycles. The van der Waals surface area contributed by atoms with Crippen molar-refractivity contribution < 1.29 is 31.9 Å². The number of aliphatic carboxylic acids is 1. The first kappa shape index (κ1) is 28.2. The van der Waals surface area contributed by atoms with Gasteiger partial charge in [0.15, 0.2) is 0 Å². The number of nitrogens with zero attached hydrogens (tertiary/aromatic N) is 4. The lowest BCUT2D eigenvalue weighted by atomic mass is 9.97. The van der Waals surface area contributed by atoms with Crippen molar-refractivity contribution in [1.29, 1.82) is 0 Å². The molecule has 0 radical (unpaired) electrons. The molecule has 3 aromatic carbocycles. The van der Waals surface area contributed by atoms with E-state index < -0.39 is 41.7 Å². The van der Waals surface area contributed by atoms with Gasteiger partial charge in [0, 0.05) is 37.4 Å². The third-order valence-electron chi connectivity index (χ3n) is 6.70. The third kappa shape index (κ3) is 5.78. The second kappa shape index (κ2) is 11.1. The number of fused-ring (bicyclic) bond motifs is 1. The second-order valence-electron chi connectivity index (χ2n) is 9.07. The van der Waals surface area contributed by atoms with Crippen molar-refractivity contribution in [1.82, 2.24) is 4.90 Å². The molecule has 0 saturated carbocycles. The van der Waals surface area contributed by atoms with Crippen molar-refractivity contribution in [3.8, 4) is 0 Å². The van der Waals surface area contributed by atoms with Crippen LogP contribution in [-0.4, -0.2) is 48.1 Å². The largest absolute Gasteiger partial charge is 0.481 e. The lowest BCUT2D eigenvalue weighted by Gasteiger charge is -2.45. The first-order valence-electron chi connectivity index (χ1n) is 11.9. The number of rotatable bonds is 4. The van der Waals surface area contributed by atoms with Crippen molar-refractivity contribution in [2.75, 3.05) is 36.0 Å². The van der Waals surface area contributed by atoms with Gasteiger partial charge in [-0.1, -0.05) is 18.2 Å². The number of hydrogen-bond donors (Lipinski definition) is 1. The average Bonchev–Trinajstić information content (AvgIpc) is 2.89. The highest BCUT2D eigenvalue weighted by Gasteiger charge is 2.39. The van der Waals surface area contributed by atoms with E-state index in [0.29, 0.717) is 49.6 Å². The second-order valence-corrected chi connectivity index (χ2v) is 9.07. The van der Waals surface area contributed by atoms with Gasteiger partial charge in [-0.25, -0.2) is 13.8 Å². The molecule has 39 heavy (non-hydrogen) atoms. The number of halogens is 6. The number of carboxylic acid groups (broad SMARTS) is 1. The Morgan fingerprint density at radius 3 is 2.21 bits per heavy atom. The molecule has 206 valence electrons. The van der Waals surface area contributed by atoms with E-state index in [1.54, 1.807) is 36.4 Å². The summed E-state index contributed by atoms with van der Waals surface area (Å²) in [6.07, 6.45) is -5.21. The van der Waals surface area contributed by atoms with E-state index in [1.165, 1.54) is 17.0 Å². The van der Waals surface area contributed by atoms with Crippen LogP contribution in [-0.2, 0) is 11.0 Å². The van der Waals surface area contributed by atoms with Crippen LogP contribution in [0.5, 0.6) is 0 Å². The molecule has 2 aliphatic heterocycles. The highest BCUT2D eigenvalue weighted by molar-refractivity contribution is 6.01. The molecule has 6 nitrogen and oxygen atoms in total. The number of carboxylic acids is 1. The minimum atomic E-state index is -4.73. The van der Waals surface area contributed by atoms with E-state index in [9.17, 15) is 27.5 Å². The molecule has 12 heteroatoms. The smallest absolute Gasteiger partial charge is 0.416 e. The maximum atomic E-state index is 15.2. The maximum absolute atomic E-state index is 15.2. The van der Waals surface area contributed by atoms with Gasteiger partial charge in [0.1, 0.15) is 11.6 Å². The molecule has 2 heterocycles. The number of piperazine rings is 1. The summed E-state index contributed by atoms with van der Waals surface area (Å²) in [7, 11) is 0. The SMILES string of the molecule is Cl.O=C(O)CC1c2ccccc2N=C(N2CCN(c3ccc(F)cc3)CC2)N1c1cc(C(F)(F)F)ccc1F. The van der Waals surface area contributed by atoms with Gasteiger partial charge in [0.05, 0.1) is 29.4 Å². The van der Waals surface area contributed by atoms with E-state index in [0.717, 1.165) is 11.8 Å². The summed E-state index contributed by atoms with van der Waals surface area (Å²) in [5.41, 5.74) is 0.299. The molecule has 0 amide bonds. The topological polar surface area (TPSA) is 59.4 Å². The van der Waals surface area contributed by atoms with E-state index >= 15 is 4.39 Å². The molecule has 0 bridgehead atoms. The van der Waals surface area contributed by atoms with Crippen LogP contribution in [0.1, 0.15) is 23.6 Å². The van der Waals surface area contributed by atoms with E-state index in [-0.39, 0.29) is 24.2 Å². The van der Waals surface area contributed by atoms with Gasteiger partial charge in [-0.2, -0.15) is 13.2 Å². The van der Waals surface area contributed by atoms with Crippen molar-refractivity contribution in [2.24, 2.45) is 4.99 Å². The summed E-state index contributed by atoms with van der Waals surface area (Å²) in [6, 6.07) is 13.9. The number of hydrogen-bond acceptors (Lipinski definition) is 5. The fourth-order valence-corrected chi connectivity index (χ4v) is 4.87. The minimum Gasteiger partial charge on any atom is -0.481 e. The van der Waals surface area contributed by atoms with Crippen LogP contribution in [0.15, 0.2) is 71.7 Å². The summed E-state index contributed by atoms with van der Waals surface area (Å²) in [6.45, 7) is 1.70. The summed E-state index contributed by atoms with van der Waals surface area (Å²) in [5, 5.41) is 9.70. The fourth-order valence-electron chi connectivity index (χ4n) is 4.87. The van der Waals surface area contributed by atoms with Gasteiger partial charge in [0.25, 0.3) is 0 Å². The highest BCUT2D eigenvalue weighted by Crippen LogP contribution is 2.43. The molecular weight excluding hydrogens is 543 g/mol. The van der Waals surface area contributed by atoms with Crippen molar-refractivity contribution in [2.45, 2.75) is 18.6 Å². The Kier molecular flexibility index (Phi) is 8.01. The molecule has 1 fully saturated rings. The number of aliphatic imine (C=N–C) groups is 1. The number of alkyl halides is 3. The molecule has 3 aromatic rings. The summed E-state index contributed by atoms with van der Waals surface area (Å²) < 4.78 is 69.3.